The van der Waals surface area contributed by atoms with Gasteiger partial charge in [0.1, 0.15) is 0 Å². The molecule has 3 rings (SSSR count). The lowest BCUT2D eigenvalue weighted by Crippen LogP contribution is -2.06. The molecule has 1 N–H and O–H groups in total. The summed E-state index contributed by atoms with van der Waals surface area (Å²) < 4.78 is 0. The van der Waals surface area contributed by atoms with Gasteiger partial charge in [-0.15, -0.1) is 0 Å². The molecule has 0 fully saturated rings. The monoisotopic (exact) mass is 340 g/mol. The van der Waals surface area contributed by atoms with Gasteiger partial charge in [-0.1, -0.05) is 77.8 Å². The second-order valence-corrected chi connectivity index (χ2v) is 5.75. The molecule has 0 spiro atoms. The van der Waals surface area contributed by atoms with Crippen molar-refractivity contribution in [2.45, 2.75) is 0 Å². The lowest BCUT2D eigenvalue weighted by Gasteiger charge is -2.09. The molecule has 0 saturated carbocycles. The van der Waals surface area contributed by atoms with E-state index >= 15 is 0 Å². The van der Waals surface area contributed by atoms with Crippen LogP contribution in [0.4, 0.5) is 5.69 Å². The van der Waals surface area contributed by atoms with Gasteiger partial charge in [0.2, 0.25) is 0 Å². The van der Waals surface area contributed by atoms with Gasteiger partial charge in [0.15, 0.2) is 0 Å². The van der Waals surface area contributed by atoms with Gasteiger partial charge in [-0.3, -0.25) is 5.43 Å². The number of nitrogens with zero attached hydrogens (tertiary/aromatic N) is 1. The Morgan fingerprint density at radius 3 is 2.00 bits per heavy atom. The van der Waals surface area contributed by atoms with E-state index < -0.39 is 0 Å². The van der Waals surface area contributed by atoms with Crippen molar-refractivity contribution in [1.29, 1.82) is 0 Å². The van der Waals surface area contributed by atoms with Gasteiger partial charge in [0.25, 0.3) is 0 Å². The highest BCUT2D eigenvalue weighted by Crippen LogP contribution is 2.24. The molecule has 0 aliphatic rings. The molecule has 0 bridgehead atoms. The van der Waals surface area contributed by atoms with Gasteiger partial charge in [-0.2, -0.15) is 5.10 Å². The number of nitrogens with one attached hydrogen (secondary N) is 1. The molecule has 0 radical (unpaired) electrons. The SMILES string of the molecule is Clc1ccc(C(=NNc2ccccc2)c2ccccc2)cc1Cl. The minimum atomic E-state index is 0.507. The van der Waals surface area contributed by atoms with Gasteiger partial charge in [0, 0.05) is 11.1 Å². The third kappa shape index (κ3) is 3.92. The summed E-state index contributed by atoms with van der Waals surface area (Å²) in [6, 6.07) is 25.3. The minimum absolute atomic E-state index is 0.507. The molecule has 114 valence electrons. The lowest BCUT2D eigenvalue weighted by molar-refractivity contribution is 1.32. The maximum atomic E-state index is 6.16. The second-order valence-electron chi connectivity index (χ2n) is 4.93. The van der Waals surface area contributed by atoms with Gasteiger partial charge in [0.05, 0.1) is 21.4 Å². The van der Waals surface area contributed by atoms with Crippen LogP contribution in [0, 0.1) is 0 Å². The first-order chi connectivity index (χ1) is 11.2. The van der Waals surface area contributed by atoms with Crippen molar-refractivity contribution in [3.8, 4) is 0 Å². The Labute approximate surface area is 145 Å². The fourth-order valence-corrected chi connectivity index (χ4v) is 2.47. The third-order valence-electron chi connectivity index (χ3n) is 3.31. The Balaban J connectivity index is 2.01. The molecule has 3 aromatic rings. The molecule has 23 heavy (non-hydrogen) atoms. The van der Waals surface area contributed by atoms with Gasteiger partial charge in [-0.05, 0) is 24.3 Å². The summed E-state index contributed by atoms with van der Waals surface area (Å²) in [5.74, 6) is 0. The van der Waals surface area contributed by atoms with Crippen LogP contribution >= 0.6 is 23.2 Å². The molecular weight excluding hydrogens is 327 g/mol. The van der Waals surface area contributed by atoms with E-state index in [0.717, 1.165) is 22.5 Å². The van der Waals surface area contributed by atoms with Crippen molar-refractivity contribution in [3.05, 3.63) is 100 Å². The number of para-hydroxylation sites is 1. The van der Waals surface area contributed by atoms with Crippen molar-refractivity contribution in [2.75, 3.05) is 5.43 Å². The van der Waals surface area contributed by atoms with Gasteiger partial charge >= 0.3 is 0 Å². The highest BCUT2D eigenvalue weighted by atomic mass is 35.5. The van der Waals surface area contributed by atoms with E-state index in [1.807, 2.05) is 72.8 Å². The summed E-state index contributed by atoms with van der Waals surface area (Å²) in [6.45, 7) is 0. The zero-order chi connectivity index (χ0) is 16.1. The van der Waals surface area contributed by atoms with E-state index in [1.54, 1.807) is 6.07 Å². The maximum Gasteiger partial charge on any atom is 0.0978 e. The van der Waals surface area contributed by atoms with Crippen LogP contribution in [-0.4, -0.2) is 5.71 Å². The molecule has 0 aromatic heterocycles. The van der Waals surface area contributed by atoms with Crippen molar-refractivity contribution < 1.29 is 0 Å². The van der Waals surface area contributed by atoms with Crippen LogP contribution in [0.2, 0.25) is 10.0 Å². The summed E-state index contributed by atoms with van der Waals surface area (Å²) in [6.07, 6.45) is 0. The molecular formula is C19H14Cl2N2. The van der Waals surface area contributed by atoms with E-state index in [0.29, 0.717) is 10.0 Å². The number of hydrogen-bond donors (Lipinski definition) is 1. The average molecular weight is 341 g/mol. The average Bonchev–Trinajstić information content (AvgIpc) is 2.60. The second kappa shape index (κ2) is 7.32. The van der Waals surface area contributed by atoms with Crippen LogP contribution in [0.5, 0.6) is 0 Å². The predicted octanol–water partition coefficient (Wildman–Crippen LogP) is 5.86. The summed E-state index contributed by atoms with van der Waals surface area (Å²) >= 11 is 12.2. The summed E-state index contributed by atoms with van der Waals surface area (Å²) in [4.78, 5) is 0. The number of rotatable bonds is 4. The fraction of sp³-hybridized carbons (Fsp3) is 0. The zero-order valence-corrected chi connectivity index (χ0v) is 13.7. The Morgan fingerprint density at radius 2 is 1.35 bits per heavy atom. The van der Waals surface area contributed by atoms with E-state index in [1.165, 1.54) is 0 Å². The van der Waals surface area contributed by atoms with Crippen LogP contribution in [0.3, 0.4) is 0 Å². The Kier molecular flexibility index (Phi) is 4.96. The maximum absolute atomic E-state index is 6.16. The number of halogens is 2. The molecule has 0 unspecified atom stereocenters. The molecule has 0 saturated heterocycles. The van der Waals surface area contributed by atoms with Crippen LogP contribution in [-0.2, 0) is 0 Å². The van der Waals surface area contributed by atoms with Gasteiger partial charge < -0.3 is 0 Å². The number of anilines is 1. The number of hydrogen-bond acceptors (Lipinski definition) is 2. The van der Waals surface area contributed by atoms with Crippen LogP contribution in [0.15, 0.2) is 84.0 Å². The van der Waals surface area contributed by atoms with Crippen molar-refractivity contribution >= 4 is 34.6 Å². The first-order valence-electron chi connectivity index (χ1n) is 7.13. The first kappa shape index (κ1) is 15.6. The molecule has 2 nitrogen and oxygen atoms in total. The largest absolute Gasteiger partial charge is 0.278 e. The predicted molar refractivity (Wildman–Crippen MR) is 98.6 cm³/mol. The third-order valence-corrected chi connectivity index (χ3v) is 4.05. The van der Waals surface area contributed by atoms with Crippen molar-refractivity contribution in [2.24, 2.45) is 5.10 Å². The molecule has 0 amide bonds. The number of hydrazone groups is 1. The summed E-state index contributed by atoms with van der Waals surface area (Å²) in [5, 5.41) is 5.60. The molecule has 4 heteroatoms. The van der Waals surface area contributed by atoms with Crippen molar-refractivity contribution in [1.82, 2.24) is 0 Å². The lowest BCUT2D eigenvalue weighted by atomic mass is 10.0. The highest BCUT2D eigenvalue weighted by Gasteiger charge is 2.09. The first-order valence-corrected chi connectivity index (χ1v) is 7.89. The van der Waals surface area contributed by atoms with Crippen LogP contribution in [0.25, 0.3) is 0 Å². The minimum Gasteiger partial charge on any atom is -0.278 e. The van der Waals surface area contributed by atoms with E-state index in [2.05, 4.69) is 10.5 Å². The normalized spacial score (nSPS) is 11.3. The standard InChI is InChI=1S/C19H14Cl2N2/c20-17-12-11-15(13-18(17)21)19(14-7-3-1-4-8-14)23-22-16-9-5-2-6-10-16/h1-13,22H. The molecule has 0 atom stereocenters. The summed E-state index contributed by atoms with van der Waals surface area (Å²) in [7, 11) is 0. The number of benzene rings is 3. The fourth-order valence-electron chi connectivity index (χ4n) is 2.17. The van der Waals surface area contributed by atoms with E-state index in [4.69, 9.17) is 23.2 Å². The summed E-state index contributed by atoms with van der Waals surface area (Å²) in [5.41, 5.74) is 6.70. The molecule has 0 heterocycles. The van der Waals surface area contributed by atoms with Crippen LogP contribution in [0.1, 0.15) is 11.1 Å². The molecule has 3 aromatic carbocycles. The quantitative estimate of drug-likeness (QED) is 0.467. The van der Waals surface area contributed by atoms with Crippen LogP contribution < -0.4 is 5.43 Å². The molecule has 0 aliphatic heterocycles. The Hall–Kier alpha value is -2.29. The Bertz CT molecular complexity index is 815. The molecule has 0 aliphatic carbocycles. The smallest absolute Gasteiger partial charge is 0.0978 e. The zero-order valence-electron chi connectivity index (χ0n) is 12.2. The Morgan fingerprint density at radius 1 is 0.696 bits per heavy atom. The van der Waals surface area contributed by atoms with Crippen molar-refractivity contribution in [3.63, 3.8) is 0 Å². The van der Waals surface area contributed by atoms with E-state index in [9.17, 15) is 0 Å². The highest BCUT2D eigenvalue weighted by molar-refractivity contribution is 6.42. The topological polar surface area (TPSA) is 24.4 Å². The van der Waals surface area contributed by atoms with Gasteiger partial charge in [-0.25, -0.2) is 0 Å². The van der Waals surface area contributed by atoms with E-state index in [-0.39, 0.29) is 0 Å².